The zero-order valence-corrected chi connectivity index (χ0v) is 17.2. The molecule has 0 aliphatic heterocycles. The fraction of sp³-hybridized carbons (Fsp3) is 0.368. The second kappa shape index (κ2) is 11.2. The van der Waals surface area contributed by atoms with Crippen molar-refractivity contribution in [3.63, 3.8) is 0 Å². The van der Waals surface area contributed by atoms with E-state index in [2.05, 4.69) is 39.4 Å². The number of ether oxygens (including phenoxy) is 3. The van der Waals surface area contributed by atoms with E-state index in [1.54, 1.807) is 14.2 Å². The van der Waals surface area contributed by atoms with Crippen LogP contribution in [0.1, 0.15) is 18.1 Å². The Labute approximate surface area is 164 Å². The molecule has 0 amide bonds. The van der Waals surface area contributed by atoms with Crippen LogP contribution >= 0.6 is 28.3 Å². The lowest BCUT2D eigenvalue weighted by molar-refractivity contribution is 0.308. The maximum atomic E-state index is 5.61. The van der Waals surface area contributed by atoms with E-state index in [0.29, 0.717) is 6.61 Å². The van der Waals surface area contributed by atoms with Crippen molar-refractivity contribution in [2.45, 2.75) is 19.9 Å². The van der Waals surface area contributed by atoms with Gasteiger partial charge in [-0.15, -0.1) is 12.4 Å². The van der Waals surface area contributed by atoms with Crippen LogP contribution in [0, 0.1) is 0 Å². The number of nitrogens with one attached hydrogen (secondary N) is 1. The Hall–Kier alpha value is -1.43. The number of rotatable bonds is 9. The first-order valence-electron chi connectivity index (χ1n) is 8.00. The fourth-order valence-corrected chi connectivity index (χ4v) is 3.02. The molecule has 0 spiro atoms. The first kappa shape index (κ1) is 21.6. The number of hydrogen-bond donors (Lipinski definition) is 1. The van der Waals surface area contributed by atoms with Crippen LogP contribution in [-0.2, 0) is 13.0 Å². The topological polar surface area (TPSA) is 39.7 Å². The van der Waals surface area contributed by atoms with E-state index in [1.807, 2.05) is 25.1 Å². The molecule has 0 radical (unpaired) electrons. The number of methoxy groups -OCH3 is 2. The van der Waals surface area contributed by atoms with E-state index in [9.17, 15) is 0 Å². The van der Waals surface area contributed by atoms with Gasteiger partial charge in [0, 0.05) is 6.54 Å². The Kier molecular flexibility index (Phi) is 9.71. The summed E-state index contributed by atoms with van der Waals surface area (Å²) in [7, 11) is 3.34. The van der Waals surface area contributed by atoms with Crippen LogP contribution in [0.3, 0.4) is 0 Å². The van der Waals surface area contributed by atoms with Gasteiger partial charge in [0.15, 0.2) is 11.5 Å². The van der Waals surface area contributed by atoms with Crippen molar-refractivity contribution in [3.8, 4) is 17.2 Å². The minimum absolute atomic E-state index is 0. The molecule has 0 aliphatic carbocycles. The van der Waals surface area contributed by atoms with E-state index < -0.39 is 0 Å². The molecule has 2 aromatic rings. The third kappa shape index (κ3) is 6.42. The van der Waals surface area contributed by atoms with Gasteiger partial charge in [0.2, 0.25) is 0 Å². The van der Waals surface area contributed by atoms with Crippen LogP contribution in [-0.4, -0.2) is 27.4 Å². The summed E-state index contributed by atoms with van der Waals surface area (Å²) >= 11 is 3.55. The third-order valence-electron chi connectivity index (χ3n) is 3.66. The molecule has 0 saturated carbocycles. The first-order valence-corrected chi connectivity index (χ1v) is 8.80. The van der Waals surface area contributed by atoms with Gasteiger partial charge in [-0.25, -0.2) is 0 Å². The first-order chi connectivity index (χ1) is 11.7. The summed E-state index contributed by atoms with van der Waals surface area (Å²) in [5.41, 5.74) is 2.44. The van der Waals surface area contributed by atoms with Crippen molar-refractivity contribution in [3.05, 3.63) is 52.0 Å². The van der Waals surface area contributed by atoms with Gasteiger partial charge < -0.3 is 19.5 Å². The smallest absolute Gasteiger partial charge is 0.175 e. The van der Waals surface area contributed by atoms with Crippen LogP contribution in [0.5, 0.6) is 17.2 Å². The molecule has 1 N–H and O–H groups in total. The molecular formula is C19H25BrClNO3. The zero-order chi connectivity index (χ0) is 17.4. The molecule has 0 fully saturated rings. The molecule has 2 rings (SSSR count). The molecule has 4 nitrogen and oxygen atoms in total. The Morgan fingerprint density at radius 1 is 1.00 bits per heavy atom. The Bertz CT molecular complexity index is 650. The average Bonchev–Trinajstić information content (AvgIpc) is 2.61. The molecule has 25 heavy (non-hydrogen) atoms. The normalized spacial score (nSPS) is 10.1. The van der Waals surface area contributed by atoms with Gasteiger partial charge in [-0.1, -0.05) is 12.1 Å². The number of benzene rings is 2. The second-order valence-corrected chi connectivity index (χ2v) is 6.17. The molecule has 0 aromatic heterocycles. The Balaban J connectivity index is 0.00000312. The Morgan fingerprint density at radius 2 is 1.72 bits per heavy atom. The molecule has 138 valence electrons. The van der Waals surface area contributed by atoms with Gasteiger partial charge in [0.1, 0.15) is 5.75 Å². The summed E-state index contributed by atoms with van der Waals surface area (Å²) in [5.74, 6) is 2.39. The highest BCUT2D eigenvalue weighted by Crippen LogP contribution is 2.36. The third-order valence-corrected chi connectivity index (χ3v) is 4.25. The molecule has 0 heterocycles. The average molecular weight is 431 g/mol. The van der Waals surface area contributed by atoms with Crippen molar-refractivity contribution in [1.29, 1.82) is 0 Å². The van der Waals surface area contributed by atoms with Gasteiger partial charge >= 0.3 is 0 Å². The monoisotopic (exact) mass is 429 g/mol. The SMILES string of the molecule is CCOc1c(Br)cc(CNCCc2ccc(OC)cc2)cc1OC.Cl. The van der Waals surface area contributed by atoms with E-state index in [-0.39, 0.29) is 12.4 Å². The molecule has 2 aromatic carbocycles. The lowest BCUT2D eigenvalue weighted by atomic mass is 10.1. The summed E-state index contributed by atoms with van der Waals surface area (Å²) in [6.45, 7) is 4.24. The van der Waals surface area contributed by atoms with Crippen molar-refractivity contribution < 1.29 is 14.2 Å². The van der Waals surface area contributed by atoms with Gasteiger partial charge in [0.05, 0.1) is 25.3 Å². The number of halogens is 2. The van der Waals surface area contributed by atoms with Gasteiger partial charge in [-0.2, -0.15) is 0 Å². The van der Waals surface area contributed by atoms with E-state index in [0.717, 1.165) is 46.8 Å². The van der Waals surface area contributed by atoms with Crippen molar-refractivity contribution in [2.75, 3.05) is 27.4 Å². The van der Waals surface area contributed by atoms with Crippen molar-refractivity contribution in [2.24, 2.45) is 0 Å². The molecular weight excluding hydrogens is 406 g/mol. The van der Waals surface area contributed by atoms with E-state index in [4.69, 9.17) is 14.2 Å². The van der Waals surface area contributed by atoms with E-state index in [1.165, 1.54) is 5.56 Å². The minimum atomic E-state index is 0. The molecule has 0 atom stereocenters. The summed E-state index contributed by atoms with van der Waals surface area (Å²) in [4.78, 5) is 0. The molecule has 0 aliphatic rings. The standard InChI is InChI=1S/C19H24BrNO3.ClH/c1-4-24-19-17(20)11-15(12-18(19)23-3)13-21-10-9-14-5-7-16(22-2)8-6-14;/h5-8,11-12,21H,4,9-10,13H2,1-3H3;1H. The van der Waals surface area contributed by atoms with Crippen LogP contribution in [0.4, 0.5) is 0 Å². The van der Waals surface area contributed by atoms with Crippen LogP contribution in [0.15, 0.2) is 40.9 Å². The van der Waals surface area contributed by atoms with Gasteiger partial charge in [-0.05, 0) is 71.2 Å². The van der Waals surface area contributed by atoms with Gasteiger partial charge in [0.25, 0.3) is 0 Å². The van der Waals surface area contributed by atoms with Crippen LogP contribution in [0.2, 0.25) is 0 Å². The van der Waals surface area contributed by atoms with E-state index >= 15 is 0 Å². The molecule has 6 heteroatoms. The lowest BCUT2D eigenvalue weighted by Crippen LogP contribution is -2.16. The zero-order valence-electron chi connectivity index (χ0n) is 14.8. The predicted molar refractivity (Wildman–Crippen MR) is 108 cm³/mol. The summed E-state index contributed by atoms with van der Waals surface area (Å²) in [6.07, 6.45) is 0.972. The Morgan fingerprint density at radius 3 is 2.32 bits per heavy atom. The lowest BCUT2D eigenvalue weighted by Gasteiger charge is -2.14. The highest BCUT2D eigenvalue weighted by atomic mass is 79.9. The van der Waals surface area contributed by atoms with Crippen molar-refractivity contribution in [1.82, 2.24) is 5.32 Å². The quantitative estimate of drug-likeness (QED) is 0.589. The maximum Gasteiger partial charge on any atom is 0.175 e. The van der Waals surface area contributed by atoms with Gasteiger partial charge in [-0.3, -0.25) is 0 Å². The molecule has 0 saturated heterocycles. The second-order valence-electron chi connectivity index (χ2n) is 5.32. The minimum Gasteiger partial charge on any atom is -0.497 e. The molecule has 0 unspecified atom stereocenters. The maximum absolute atomic E-state index is 5.61. The highest BCUT2D eigenvalue weighted by molar-refractivity contribution is 9.10. The van der Waals surface area contributed by atoms with Crippen LogP contribution < -0.4 is 19.5 Å². The largest absolute Gasteiger partial charge is 0.497 e. The summed E-state index contributed by atoms with van der Waals surface area (Å²) < 4.78 is 17.1. The van der Waals surface area contributed by atoms with Crippen molar-refractivity contribution >= 4 is 28.3 Å². The predicted octanol–water partition coefficient (Wildman–Crippen LogP) is 4.62. The number of hydrogen-bond acceptors (Lipinski definition) is 4. The molecule has 0 bridgehead atoms. The summed E-state index contributed by atoms with van der Waals surface area (Å²) in [6, 6.07) is 12.2. The summed E-state index contributed by atoms with van der Waals surface area (Å²) in [5, 5.41) is 3.46. The van der Waals surface area contributed by atoms with Crippen LogP contribution in [0.25, 0.3) is 0 Å². The highest BCUT2D eigenvalue weighted by Gasteiger charge is 2.11. The fourth-order valence-electron chi connectivity index (χ4n) is 2.42.